The molecule has 4 rings (SSSR count). The van der Waals surface area contributed by atoms with Crippen LogP contribution in [0.5, 0.6) is 0 Å². The van der Waals surface area contributed by atoms with E-state index in [-0.39, 0.29) is 17.7 Å². The lowest BCUT2D eigenvalue weighted by molar-refractivity contribution is -0.122. The van der Waals surface area contributed by atoms with Crippen LogP contribution in [0, 0.1) is 0 Å². The summed E-state index contributed by atoms with van der Waals surface area (Å²) in [6.07, 6.45) is 2.46. The number of benzene rings is 3. The fourth-order valence-electron chi connectivity index (χ4n) is 4.03. The van der Waals surface area contributed by atoms with Crippen molar-refractivity contribution in [2.24, 2.45) is 0 Å². The number of hydrogen-bond acceptors (Lipinski definition) is 3. The first-order valence-corrected chi connectivity index (χ1v) is 10.5. The Morgan fingerprint density at radius 2 is 1.77 bits per heavy atom. The first kappa shape index (κ1) is 20.6. The average molecular weight is 415 g/mol. The summed E-state index contributed by atoms with van der Waals surface area (Å²) in [6.45, 7) is 2.13. The molecule has 0 spiro atoms. The van der Waals surface area contributed by atoms with E-state index < -0.39 is 6.04 Å². The van der Waals surface area contributed by atoms with Gasteiger partial charge in [-0.15, -0.1) is 0 Å². The van der Waals surface area contributed by atoms with Gasteiger partial charge in [-0.25, -0.2) is 0 Å². The van der Waals surface area contributed by atoms with Gasteiger partial charge in [0.1, 0.15) is 6.04 Å². The standard InChI is InChI=1S/C25H25N3O3/c1-16(29)27-18-8-6-7-17(15-18)19-12-13-22(21-10-3-2-9-20(19)21)24(30)28-23-11-4-5-14-26-25(23)31/h2-3,6-10,12-13,15,23H,4-5,11,14H2,1H3,(H,26,31)(H,27,29)(H,28,30). The molecule has 6 nitrogen and oxygen atoms in total. The summed E-state index contributed by atoms with van der Waals surface area (Å²) in [5.41, 5.74) is 3.16. The molecular weight excluding hydrogens is 390 g/mol. The van der Waals surface area contributed by atoms with Gasteiger partial charge in [0.15, 0.2) is 0 Å². The quantitative estimate of drug-likeness (QED) is 0.605. The summed E-state index contributed by atoms with van der Waals surface area (Å²) >= 11 is 0. The van der Waals surface area contributed by atoms with Crippen molar-refractivity contribution >= 4 is 34.2 Å². The van der Waals surface area contributed by atoms with Crippen molar-refractivity contribution in [3.05, 3.63) is 66.2 Å². The summed E-state index contributed by atoms with van der Waals surface area (Å²) in [5, 5.41) is 10.3. The molecule has 0 bridgehead atoms. The Balaban J connectivity index is 1.69. The molecule has 0 aliphatic carbocycles. The molecule has 1 atom stereocenters. The number of amides is 3. The third-order valence-electron chi connectivity index (χ3n) is 5.50. The van der Waals surface area contributed by atoms with E-state index in [1.165, 1.54) is 6.92 Å². The van der Waals surface area contributed by atoms with E-state index in [9.17, 15) is 14.4 Å². The van der Waals surface area contributed by atoms with Gasteiger partial charge in [-0.3, -0.25) is 14.4 Å². The Morgan fingerprint density at radius 1 is 0.968 bits per heavy atom. The highest BCUT2D eigenvalue weighted by Gasteiger charge is 2.24. The number of nitrogens with one attached hydrogen (secondary N) is 3. The van der Waals surface area contributed by atoms with Crippen LogP contribution in [0.15, 0.2) is 60.7 Å². The molecular formula is C25H25N3O3. The van der Waals surface area contributed by atoms with Crippen molar-refractivity contribution in [3.63, 3.8) is 0 Å². The molecule has 31 heavy (non-hydrogen) atoms. The fourth-order valence-corrected chi connectivity index (χ4v) is 4.03. The minimum Gasteiger partial charge on any atom is -0.354 e. The second kappa shape index (κ2) is 9.00. The molecule has 0 aromatic heterocycles. The fraction of sp³-hybridized carbons (Fsp3) is 0.240. The van der Waals surface area contributed by atoms with Crippen molar-refractivity contribution in [1.82, 2.24) is 10.6 Å². The Morgan fingerprint density at radius 3 is 2.58 bits per heavy atom. The molecule has 3 aromatic rings. The van der Waals surface area contributed by atoms with Gasteiger partial charge < -0.3 is 16.0 Å². The van der Waals surface area contributed by atoms with Gasteiger partial charge in [-0.1, -0.05) is 42.5 Å². The van der Waals surface area contributed by atoms with Crippen molar-refractivity contribution in [1.29, 1.82) is 0 Å². The van der Waals surface area contributed by atoms with E-state index in [4.69, 9.17) is 0 Å². The highest BCUT2D eigenvalue weighted by molar-refractivity contribution is 6.11. The van der Waals surface area contributed by atoms with Crippen molar-refractivity contribution in [3.8, 4) is 11.1 Å². The third kappa shape index (κ3) is 4.58. The van der Waals surface area contributed by atoms with E-state index in [2.05, 4.69) is 16.0 Å². The topological polar surface area (TPSA) is 87.3 Å². The van der Waals surface area contributed by atoms with Crippen LogP contribution in [0.3, 0.4) is 0 Å². The van der Waals surface area contributed by atoms with E-state index >= 15 is 0 Å². The molecule has 3 aromatic carbocycles. The predicted molar refractivity (Wildman–Crippen MR) is 122 cm³/mol. The van der Waals surface area contributed by atoms with Gasteiger partial charge in [0.25, 0.3) is 5.91 Å². The summed E-state index contributed by atoms with van der Waals surface area (Å²) in [4.78, 5) is 36.7. The lowest BCUT2D eigenvalue weighted by Crippen LogP contribution is -2.45. The molecule has 158 valence electrons. The minimum absolute atomic E-state index is 0.124. The summed E-state index contributed by atoms with van der Waals surface area (Å²) in [6, 6.07) is 18.5. The SMILES string of the molecule is CC(=O)Nc1cccc(-c2ccc(C(=O)NC3CCCCNC3=O)c3ccccc23)c1. The molecule has 1 aliphatic heterocycles. The van der Waals surface area contributed by atoms with Gasteiger partial charge >= 0.3 is 0 Å². The number of carbonyl (C=O) groups excluding carboxylic acids is 3. The number of carbonyl (C=O) groups is 3. The molecule has 1 fully saturated rings. The van der Waals surface area contributed by atoms with Gasteiger partial charge in [0.05, 0.1) is 0 Å². The van der Waals surface area contributed by atoms with Crippen LogP contribution >= 0.6 is 0 Å². The molecule has 3 amide bonds. The lowest BCUT2D eigenvalue weighted by Gasteiger charge is -2.17. The molecule has 1 unspecified atom stereocenters. The third-order valence-corrected chi connectivity index (χ3v) is 5.50. The highest BCUT2D eigenvalue weighted by atomic mass is 16.2. The smallest absolute Gasteiger partial charge is 0.252 e. The van der Waals surface area contributed by atoms with E-state index in [1.54, 1.807) is 6.07 Å². The Kier molecular flexibility index (Phi) is 5.98. The van der Waals surface area contributed by atoms with Crippen LogP contribution in [0.4, 0.5) is 5.69 Å². The van der Waals surface area contributed by atoms with E-state index in [0.29, 0.717) is 18.5 Å². The monoisotopic (exact) mass is 415 g/mol. The maximum absolute atomic E-state index is 13.1. The van der Waals surface area contributed by atoms with E-state index in [0.717, 1.165) is 40.4 Å². The van der Waals surface area contributed by atoms with Gasteiger partial charge in [-0.05, 0) is 59.4 Å². The Hall–Kier alpha value is -3.67. The first-order chi connectivity index (χ1) is 15.0. The molecule has 3 N–H and O–H groups in total. The number of hydrogen-bond donors (Lipinski definition) is 3. The second-order valence-corrected chi connectivity index (χ2v) is 7.78. The van der Waals surface area contributed by atoms with Crippen LogP contribution in [0.2, 0.25) is 0 Å². The van der Waals surface area contributed by atoms with Crippen LogP contribution in [0.25, 0.3) is 21.9 Å². The van der Waals surface area contributed by atoms with Gasteiger partial charge in [-0.2, -0.15) is 0 Å². The zero-order valence-corrected chi connectivity index (χ0v) is 17.4. The molecule has 1 heterocycles. The van der Waals surface area contributed by atoms with Crippen LogP contribution in [0.1, 0.15) is 36.5 Å². The maximum atomic E-state index is 13.1. The Labute approximate surface area is 181 Å². The summed E-state index contributed by atoms with van der Waals surface area (Å²) in [5.74, 6) is -0.505. The maximum Gasteiger partial charge on any atom is 0.252 e. The van der Waals surface area contributed by atoms with Crippen LogP contribution in [-0.2, 0) is 9.59 Å². The van der Waals surface area contributed by atoms with Gasteiger partial charge in [0.2, 0.25) is 11.8 Å². The number of anilines is 1. The molecule has 6 heteroatoms. The molecule has 0 radical (unpaired) electrons. The lowest BCUT2D eigenvalue weighted by atomic mass is 9.94. The second-order valence-electron chi connectivity index (χ2n) is 7.78. The molecule has 0 saturated carbocycles. The van der Waals surface area contributed by atoms with Crippen molar-refractivity contribution in [2.45, 2.75) is 32.2 Å². The number of rotatable bonds is 4. The highest BCUT2D eigenvalue weighted by Crippen LogP contribution is 2.32. The Bertz CT molecular complexity index is 1160. The first-order valence-electron chi connectivity index (χ1n) is 10.5. The number of fused-ring (bicyclic) bond motifs is 1. The predicted octanol–water partition coefficient (Wildman–Crippen LogP) is 3.86. The largest absolute Gasteiger partial charge is 0.354 e. The molecule has 1 saturated heterocycles. The zero-order valence-electron chi connectivity index (χ0n) is 17.4. The van der Waals surface area contributed by atoms with Gasteiger partial charge in [0, 0.05) is 24.7 Å². The minimum atomic E-state index is -0.511. The summed E-state index contributed by atoms with van der Waals surface area (Å²) in [7, 11) is 0. The molecule has 1 aliphatic rings. The normalized spacial score (nSPS) is 16.3. The van der Waals surface area contributed by atoms with Crippen LogP contribution in [-0.4, -0.2) is 30.3 Å². The van der Waals surface area contributed by atoms with Crippen molar-refractivity contribution in [2.75, 3.05) is 11.9 Å². The average Bonchev–Trinajstić information content (AvgIpc) is 2.96. The summed E-state index contributed by atoms with van der Waals surface area (Å²) < 4.78 is 0. The van der Waals surface area contributed by atoms with Crippen LogP contribution < -0.4 is 16.0 Å². The van der Waals surface area contributed by atoms with E-state index in [1.807, 2.05) is 54.6 Å². The van der Waals surface area contributed by atoms with Crippen molar-refractivity contribution < 1.29 is 14.4 Å². The zero-order chi connectivity index (χ0) is 21.8.